The molecule has 1 aliphatic heterocycles. The Morgan fingerprint density at radius 1 is 1.26 bits per heavy atom. The number of rotatable bonds is 5. The van der Waals surface area contributed by atoms with Gasteiger partial charge in [0.25, 0.3) is 15.9 Å². The van der Waals surface area contributed by atoms with Crippen LogP contribution >= 0.6 is 15.9 Å². The molecule has 2 aromatic rings. The van der Waals surface area contributed by atoms with E-state index >= 15 is 0 Å². The zero-order valence-electron chi connectivity index (χ0n) is 14.4. The van der Waals surface area contributed by atoms with Crippen molar-refractivity contribution in [1.82, 2.24) is 9.62 Å². The third-order valence-electron chi connectivity index (χ3n) is 4.50. The molecule has 140 valence electrons. The molecule has 6 nitrogen and oxygen atoms in total. The van der Waals surface area contributed by atoms with Gasteiger partial charge in [0.1, 0.15) is 6.07 Å². The van der Waals surface area contributed by atoms with E-state index in [4.69, 9.17) is 5.26 Å². The van der Waals surface area contributed by atoms with Gasteiger partial charge in [-0.15, -0.1) is 0 Å². The van der Waals surface area contributed by atoms with Crippen molar-refractivity contribution in [3.8, 4) is 6.07 Å². The van der Waals surface area contributed by atoms with Crippen LogP contribution in [0.4, 0.5) is 0 Å². The molecule has 27 heavy (non-hydrogen) atoms. The molecule has 0 aliphatic carbocycles. The number of amides is 1. The quantitative estimate of drug-likeness (QED) is 0.760. The van der Waals surface area contributed by atoms with E-state index in [1.165, 1.54) is 18.2 Å². The van der Waals surface area contributed by atoms with Crippen LogP contribution in [-0.4, -0.2) is 31.8 Å². The fraction of sp³-hybridized carbons (Fsp3) is 0.263. The van der Waals surface area contributed by atoms with Gasteiger partial charge in [-0.3, -0.25) is 9.69 Å². The summed E-state index contributed by atoms with van der Waals surface area (Å²) in [5.41, 5.74) is 1.27. The lowest BCUT2D eigenvalue weighted by atomic mass is 10.2. The highest BCUT2D eigenvalue weighted by Gasteiger charge is 2.33. The maximum Gasteiger partial charge on any atom is 0.264 e. The summed E-state index contributed by atoms with van der Waals surface area (Å²) in [7, 11) is -4.04. The summed E-state index contributed by atoms with van der Waals surface area (Å²) in [4.78, 5) is 14.5. The second kappa shape index (κ2) is 8.21. The van der Waals surface area contributed by atoms with Crippen molar-refractivity contribution in [2.75, 3.05) is 6.54 Å². The summed E-state index contributed by atoms with van der Waals surface area (Å²) >= 11 is 3.19. The molecule has 0 bridgehead atoms. The van der Waals surface area contributed by atoms with Crippen molar-refractivity contribution < 1.29 is 13.2 Å². The van der Waals surface area contributed by atoms with Gasteiger partial charge in [0, 0.05) is 11.0 Å². The molecule has 1 N–H and O–H groups in total. The number of benzene rings is 2. The van der Waals surface area contributed by atoms with Crippen LogP contribution in [0.2, 0.25) is 0 Å². The number of nitrogens with zero attached hydrogens (tertiary/aromatic N) is 2. The molecule has 1 amide bonds. The molecule has 1 aliphatic rings. The number of carbonyl (C=O) groups is 1. The molecule has 0 aromatic heterocycles. The minimum absolute atomic E-state index is 0.108. The molecular weight excluding hydrogens is 430 g/mol. The molecule has 1 heterocycles. The van der Waals surface area contributed by atoms with Crippen molar-refractivity contribution in [3.63, 3.8) is 0 Å². The summed E-state index contributed by atoms with van der Waals surface area (Å²) in [5, 5.41) is 9.07. The molecule has 0 spiro atoms. The van der Waals surface area contributed by atoms with Gasteiger partial charge in [0.15, 0.2) is 0 Å². The highest BCUT2D eigenvalue weighted by atomic mass is 79.9. The highest BCUT2D eigenvalue weighted by Crippen LogP contribution is 2.23. The summed E-state index contributed by atoms with van der Waals surface area (Å²) in [6, 6.07) is 15.3. The summed E-state index contributed by atoms with van der Waals surface area (Å²) < 4.78 is 27.8. The molecule has 1 saturated heterocycles. The Hall–Kier alpha value is -2.21. The van der Waals surface area contributed by atoms with Crippen molar-refractivity contribution in [3.05, 3.63) is 64.1 Å². The first-order valence-corrected chi connectivity index (χ1v) is 10.7. The Labute approximate surface area is 167 Å². The van der Waals surface area contributed by atoms with E-state index in [0.717, 1.165) is 18.5 Å². The van der Waals surface area contributed by atoms with Gasteiger partial charge in [-0.2, -0.15) is 5.26 Å². The van der Waals surface area contributed by atoms with Crippen LogP contribution in [0.3, 0.4) is 0 Å². The van der Waals surface area contributed by atoms with Crippen LogP contribution in [-0.2, 0) is 21.4 Å². The topological polar surface area (TPSA) is 90.3 Å². The van der Waals surface area contributed by atoms with Crippen molar-refractivity contribution in [2.45, 2.75) is 30.3 Å². The first-order valence-electron chi connectivity index (χ1n) is 8.45. The number of nitriles is 1. The molecule has 2 aromatic carbocycles. The maximum atomic E-state index is 12.7. The molecule has 1 unspecified atom stereocenters. The molecular formula is C19H18BrN3O3S. The summed E-state index contributed by atoms with van der Waals surface area (Å²) in [5.74, 6) is -0.537. The average Bonchev–Trinajstić information content (AvgIpc) is 3.10. The smallest absolute Gasteiger partial charge is 0.264 e. The van der Waals surface area contributed by atoms with E-state index in [1.807, 2.05) is 41.3 Å². The molecule has 1 fully saturated rings. The van der Waals surface area contributed by atoms with Crippen LogP contribution in [0.15, 0.2) is 57.9 Å². The second-order valence-corrected chi connectivity index (χ2v) is 8.87. The van der Waals surface area contributed by atoms with E-state index in [9.17, 15) is 13.2 Å². The van der Waals surface area contributed by atoms with Crippen molar-refractivity contribution in [2.24, 2.45) is 0 Å². The van der Waals surface area contributed by atoms with Gasteiger partial charge in [-0.05, 0) is 59.1 Å². The fourth-order valence-electron chi connectivity index (χ4n) is 3.15. The van der Waals surface area contributed by atoms with E-state index in [0.29, 0.717) is 17.4 Å². The summed E-state index contributed by atoms with van der Waals surface area (Å²) in [6.45, 7) is 1.33. The number of nitrogens with one attached hydrogen (secondary N) is 1. The molecule has 1 atom stereocenters. The molecule has 3 rings (SSSR count). The second-order valence-electron chi connectivity index (χ2n) is 6.34. The number of likely N-dealkylation sites (tertiary alicyclic amines) is 1. The minimum atomic E-state index is -4.04. The van der Waals surface area contributed by atoms with Crippen LogP contribution in [0.1, 0.15) is 24.0 Å². The number of carbonyl (C=O) groups excluding carboxylic acids is 1. The Kier molecular flexibility index (Phi) is 5.95. The van der Waals surface area contributed by atoms with E-state index in [2.05, 4.69) is 20.7 Å². The van der Waals surface area contributed by atoms with Gasteiger partial charge in [-0.25, -0.2) is 13.1 Å². The lowest BCUT2D eigenvalue weighted by Gasteiger charge is -2.23. The van der Waals surface area contributed by atoms with E-state index in [1.54, 1.807) is 0 Å². The van der Waals surface area contributed by atoms with Crippen LogP contribution < -0.4 is 4.72 Å². The summed E-state index contributed by atoms with van der Waals surface area (Å²) in [6.07, 6.45) is 1.44. The van der Waals surface area contributed by atoms with E-state index in [-0.39, 0.29) is 10.5 Å². The normalized spacial score (nSPS) is 17.4. The number of hydrogen-bond donors (Lipinski definition) is 1. The number of halogens is 1. The van der Waals surface area contributed by atoms with Crippen LogP contribution in [0, 0.1) is 11.3 Å². The van der Waals surface area contributed by atoms with Crippen molar-refractivity contribution >= 4 is 31.9 Å². The highest BCUT2D eigenvalue weighted by molar-refractivity contribution is 9.10. The van der Waals surface area contributed by atoms with Gasteiger partial charge < -0.3 is 0 Å². The Bertz CT molecular complexity index is 987. The maximum absolute atomic E-state index is 12.7. The van der Waals surface area contributed by atoms with Gasteiger partial charge in [-0.1, -0.05) is 30.3 Å². The predicted molar refractivity (Wildman–Crippen MR) is 104 cm³/mol. The SMILES string of the molecule is N#Cc1cc(S(=O)(=O)NC(=O)C2CCCN2Cc2ccccc2)ccc1Br. The van der Waals surface area contributed by atoms with Crippen LogP contribution in [0.25, 0.3) is 0 Å². The van der Waals surface area contributed by atoms with Gasteiger partial charge in [0.2, 0.25) is 0 Å². The molecule has 8 heteroatoms. The van der Waals surface area contributed by atoms with Crippen molar-refractivity contribution in [1.29, 1.82) is 5.26 Å². The monoisotopic (exact) mass is 447 g/mol. The average molecular weight is 448 g/mol. The predicted octanol–water partition coefficient (Wildman–Crippen LogP) is 2.79. The first-order chi connectivity index (χ1) is 12.9. The fourth-order valence-corrected chi connectivity index (χ4v) is 4.52. The third-order valence-corrected chi connectivity index (χ3v) is 6.53. The Balaban J connectivity index is 1.74. The first kappa shape index (κ1) is 19.5. The standard InChI is InChI=1S/C19H18BrN3O3S/c20-17-9-8-16(11-15(17)12-21)27(25,26)22-19(24)18-7-4-10-23(18)13-14-5-2-1-3-6-14/h1-3,5-6,8-9,11,18H,4,7,10,13H2,(H,22,24). The molecule has 0 saturated carbocycles. The van der Waals surface area contributed by atoms with E-state index < -0.39 is 22.0 Å². The Morgan fingerprint density at radius 2 is 2.00 bits per heavy atom. The van der Waals surface area contributed by atoms with Crippen LogP contribution in [0.5, 0.6) is 0 Å². The Morgan fingerprint density at radius 3 is 2.70 bits per heavy atom. The largest absolute Gasteiger partial charge is 0.288 e. The number of hydrogen-bond acceptors (Lipinski definition) is 5. The number of sulfonamides is 1. The van der Waals surface area contributed by atoms with Gasteiger partial charge in [0.05, 0.1) is 16.5 Å². The molecule has 0 radical (unpaired) electrons. The zero-order chi connectivity index (χ0) is 19.4. The zero-order valence-corrected chi connectivity index (χ0v) is 16.8. The third kappa shape index (κ3) is 4.56. The van der Waals surface area contributed by atoms with Gasteiger partial charge >= 0.3 is 0 Å². The lowest BCUT2D eigenvalue weighted by Crippen LogP contribution is -2.45. The minimum Gasteiger partial charge on any atom is -0.288 e. The lowest BCUT2D eigenvalue weighted by molar-refractivity contribution is -0.123.